The Bertz CT molecular complexity index is 431. The molecule has 0 heterocycles. The van der Waals surface area contributed by atoms with E-state index in [1.165, 1.54) is 6.92 Å². The molecular weight excluding hydrogens is 220 g/mol. The van der Waals surface area contributed by atoms with E-state index in [-0.39, 0.29) is 11.7 Å². The van der Waals surface area contributed by atoms with Crippen LogP contribution < -0.4 is 4.74 Å². The monoisotopic (exact) mass is 234 g/mol. The second-order valence-corrected chi connectivity index (χ2v) is 4.29. The topological polar surface area (TPSA) is 63.6 Å². The summed E-state index contributed by atoms with van der Waals surface area (Å²) in [6, 6.07) is 6.55. The summed E-state index contributed by atoms with van der Waals surface area (Å²) < 4.78 is 5.42. The zero-order valence-electron chi connectivity index (χ0n) is 9.55. The fraction of sp³-hybridized carbons (Fsp3) is 0.385. The maximum absolute atomic E-state index is 11.1. The molecule has 1 fully saturated rings. The number of carbonyl (C=O) groups excluding carboxylic acids is 1. The summed E-state index contributed by atoms with van der Waals surface area (Å²) in [5, 5.41) is 9.01. The van der Waals surface area contributed by atoms with E-state index in [2.05, 4.69) is 0 Å². The maximum Gasteiger partial charge on any atom is 0.345 e. The number of rotatable bonds is 5. The van der Waals surface area contributed by atoms with Crippen molar-refractivity contribution in [3.05, 3.63) is 29.8 Å². The van der Waals surface area contributed by atoms with Gasteiger partial charge in [-0.25, -0.2) is 4.79 Å². The van der Waals surface area contributed by atoms with Crippen molar-refractivity contribution in [3.63, 3.8) is 0 Å². The minimum absolute atomic E-state index is 0.0199. The van der Waals surface area contributed by atoms with E-state index in [1.54, 1.807) is 24.3 Å². The molecule has 0 amide bonds. The molecule has 0 aliphatic heterocycles. The average Bonchev–Trinajstić information content (AvgIpc) is 3.10. The third kappa shape index (κ3) is 2.84. The molecule has 1 aromatic carbocycles. The van der Waals surface area contributed by atoms with Gasteiger partial charge in [0.05, 0.1) is 0 Å². The Kier molecular flexibility index (Phi) is 3.13. The molecule has 1 aromatic rings. The molecule has 0 radical (unpaired) electrons. The zero-order valence-corrected chi connectivity index (χ0v) is 9.55. The Morgan fingerprint density at radius 3 is 2.29 bits per heavy atom. The highest BCUT2D eigenvalue weighted by atomic mass is 16.5. The van der Waals surface area contributed by atoms with E-state index in [0.717, 1.165) is 12.8 Å². The number of carbonyl (C=O) groups is 2. The highest BCUT2D eigenvalue weighted by Crippen LogP contribution is 2.35. The molecule has 1 aliphatic carbocycles. The van der Waals surface area contributed by atoms with Crippen molar-refractivity contribution in [1.82, 2.24) is 0 Å². The van der Waals surface area contributed by atoms with Gasteiger partial charge >= 0.3 is 5.97 Å². The van der Waals surface area contributed by atoms with E-state index in [1.807, 2.05) is 0 Å². The maximum atomic E-state index is 11.1. The number of ether oxygens (including phenoxy) is 1. The van der Waals surface area contributed by atoms with Gasteiger partial charge in [-0.05, 0) is 44.0 Å². The second-order valence-electron chi connectivity index (χ2n) is 4.29. The lowest BCUT2D eigenvalue weighted by Gasteiger charge is -2.14. The SMILES string of the molecule is CC(=O)c1ccc(OC(C(=O)O)C2CC2)cc1. The highest BCUT2D eigenvalue weighted by molar-refractivity contribution is 5.94. The lowest BCUT2D eigenvalue weighted by atomic mass is 10.1. The van der Waals surface area contributed by atoms with E-state index in [4.69, 9.17) is 9.84 Å². The van der Waals surface area contributed by atoms with Crippen molar-refractivity contribution in [2.75, 3.05) is 0 Å². The van der Waals surface area contributed by atoms with Gasteiger partial charge in [-0.2, -0.15) is 0 Å². The summed E-state index contributed by atoms with van der Waals surface area (Å²) in [6.07, 6.45) is 1.04. The predicted molar refractivity (Wildman–Crippen MR) is 61.2 cm³/mol. The number of hydrogen-bond donors (Lipinski definition) is 1. The number of benzene rings is 1. The van der Waals surface area contributed by atoms with Crippen LogP contribution in [0.2, 0.25) is 0 Å². The van der Waals surface area contributed by atoms with Crippen molar-refractivity contribution in [2.45, 2.75) is 25.9 Å². The van der Waals surface area contributed by atoms with Gasteiger partial charge < -0.3 is 9.84 Å². The molecule has 4 nitrogen and oxygen atoms in total. The van der Waals surface area contributed by atoms with E-state index in [9.17, 15) is 9.59 Å². The molecule has 17 heavy (non-hydrogen) atoms. The summed E-state index contributed by atoms with van der Waals surface area (Å²) >= 11 is 0. The smallest absolute Gasteiger partial charge is 0.345 e. The van der Waals surface area contributed by atoms with Crippen LogP contribution in [-0.2, 0) is 4.79 Å². The molecule has 0 bridgehead atoms. The van der Waals surface area contributed by atoms with Crippen LogP contribution in [0, 0.1) is 5.92 Å². The molecule has 0 aromatic heterocycles. The first-order chi connectivity index (χ1) is 8.08. The minimum Gasteiger partial charge on any atom is -0.478 e. The Morgan fingerprint density at radius 1 is 1.29 bits per heavy atom. The van der Waals surface area contributed by atoms with Crippen LogP contribution in [0.3, 0.4) is 0 Å². The Balaban J connectivity index is 2.07. The molecule has 1 saturated carbocycles. The fourth-order valence-electron chi connectivity index (χ4n) is 1.66. The summed E-state index contributed by atoms with van der Waals surface area (Å²) in [4.78, 5) is 22.1. The van der Waals surface area contributed by atoms with Gasteiger partial charge in [-0.15, -0.1) is 0 Å². The van der Waals surface area contributed by atoms with E-state index < -0.39 is 12.1 Å². The van der Waals surface area contributed by atoms with Gasteiger partial charge in [0.25, 0.3) is 0 Å². The van der Waals surface area contributed by atoms with Crippen LogP contribution in [-0.4, -0.2) is 23.0 Å². The standard InChI is InChI=1S/C13H14O4/c1-8(14)9-4-6-11(7-5-9)17-12(13(15)16)10-2-3-10/h4-7,10,12H,2-3H2,1H3,(H,15,16). The van der Waals surface area contributed by atoms with Gasteiger partial charge in [-0.3, -0.25) is 4.79 Å². The first kappa shape index (κ1) is 11.6. The normalized spacial score (nSPS) is 16.3. The highest BCUT2D eigenvalue weighted by Gasteiger charge is 2.38. The molecule has 1 N–H and O–H groups in total. The quantitative estimate of drug-likeness (QED) is 0.793. The van der Waals surface area contributed by atoms with Crippen molar-refractivity contribution < 1.29 is 19.4 Å². The van der Waals surface area contributed by atoms with Crippen LogP contribution in [0.1, 0.15) is 30.1 Å². The molecule has 2 rings (SSSR count). The molecule has 0 spiro atoms. The van der Waals surface area contributed by atoms with Crippen molar-refractivity contribution in [2.24, 2.45) is 5.92 Å². The first-order valence-electron chi connectivity index (χ1n) is 5.58. The number of aliphatic carboxylic acids is 1. The van der Waals surface area contributed by atoms with Crippen molar-refractivity contribution in [1.29, 1.82) is 0 Å². The van der Waals surface area contributed by atoms with Gasteiger partial charge in [0, 0.05) is 11.5 Å². The molecular formula is C13H14O4. The lowest BCUT2D eigenvalue weighted by molar-refractivity contribution is -0.146. The Hall–Kier alpha value is -1.84. The van der Waals surface area contributed by atoms with Gasteiger partial charge in [0.2, 0.25) is 0 Å². The molecule has 1 atom stereocenters. The van der Waals surface area contributed by atoms with Crippen LogP contribution >= 0.6 is 0 Å². The molecule has 1 unspecified atom stereocenters. The van der Waals surface area contributed by atoms with Crippen LogP contribution in [0.15, 0.2) is 24.3 Å². The van der Waals surface area contributed by atoms with Crippen molar-refractivity contribution >= 4 is 11.8 Å². The third-order valence-electron chi connectivity index (χ3n) is 2.82. The first-order valence-corrected chi connectivity index (χ1v) is 5.58. The number of hydrogen-bond acceptors (Lipinski definition) is 3. The summed E-state index contributed by atoms with van der Waals surface area (Å²) in [6.45, 7) is 1.49. The fourth-order valence-corrected chi connectivity index (χ4v) is 1.66. The molecule has 0 saturated heterocycles. The van der Waals surface area contributed by atoms with E-state index >= 15 is 0 Å². The minimum atomic E-state index is -0.928. The van der Waals surface area contributed by atoms with Crippen LogP contribution in [0.5, 0.6) is 5.75 Å². The largest absolute Gasteiger partial charge is 0.478 e. The van der Waals surface area contributed by atoms with E-state index in [0.29, 0.717) is 11.3 Å². The molecule has 4 heteroatoms. The Morgan fingerprint density at radius 2 is 1.88 bits per heavy atom. The lowest BCUT2D eigenvalue weighted by Crippen LogP contribution is -2.29. The van der Waals surface area contributed by atoms with Gasteiger partial charge in [-0.1, -0.05) is 0 Å². The van der Waals surface area contributed by atoms with Crippen molar-refractivity contribution in [3.8, 4) is 5.75 Å². The van der Waals surface area contributed by atoms with Crippen LogP contribution in [0.4, 0.5) is 0 Å². The van der Waals surface area contributed by atoms with Crippen LogP contribution in [0.25, 0.3) is 0 Å². The zero-order chi connectivity index (χ0) is 12.4. The third-order valence-corrected chi connectivity index (χ3v) is 2.82. The number of ketones is 1. The summed E-state index contributed by atoms with van der Waals surface area (Å²) in [7, 11) is 0. The average molecular weight is 234 g/mol. The predicted octanol–water partition coefficient (Wildman–Crippen LogP) is 2.13. The number of carboxylic acids is 1. The molecule has 1 aliphatic rings. The summed E-state index contributed by atoms with van der Waals surface area (Å²) in [5.74, 6) is -0.328. The number of Topliss-reactive ketones (excluding diaryl/α,β-unsaturated/α-hetero) is 1. The number of carboxylic acid groups (broad SMARTS) is 1. The second kappa shape index (κ2) is 4.57. The van der Waals surface area contributed by atoms with Gasteiger partial charge in [0.15, 0.2) is 11.9 Å². The Labute approximate surface area is 99.2 Å². The summed E-state index contributed by atoms with van der Waals surface area (Å²) in [5.41, 5.74) is 0.593. The van der Waals surface area contributed by atoms with Gasteiger partial charge in [0.1, 0.15) is 5.75 Å². The molecule has 90 valence electrons.